The second-order valence-electron chi connectivity index (χ2n) is 5.87. The van der Waals surface area contributed by atoms with Crippen LogP contribution in [0, 0.1) is 5.82 Å². The molecule has 2 rings (SSSR count). The van der Waals surface area contributed by atoms with Crippen molar-refractivity contribution >= 4 is 29.9 Å². The molecule has 2 N–H and O–H groups in total. The van der Waals surface area contributed by atoms with Crippen molar-refractivity contribution in [3.05, 3.63) is 48.5 Å². The lowest BCUT2D eigenvalue weighted by Crippen LogP contribution is -2.39. The normalized spacial score (nSPS) is 12.2. The molecule has 1 atom stereocenters. The van der Waals surface area contributed by atoms with E-state index in [2.05, 4.69) is 20.7 Å². The fourth-order valence-electron chi connectivity index (χ4n) is 2.40. The molecule has 0 fully saturated rings. The summed E-state index contributed by atoms with van der Waals surface area (Å²) < 4.78 is 21.0. The van der Waals surface area contributed by atoms with Crippen LogP contribution < -0.4 is 15.4 Å². The smallest absolute Gasteiger partial charge is 0.191 e. The summed E-state index contributed by atoms with van der Waals surface area (Å²) in [4.78, 5) is 4.59. The lowest BCUT2D eigenvalue weighted by atomic mass is 10.2. The molecule has 0 saturated carbocycles. The van der Waals surface area contributed by atoms with E-state index in [4.69, 9.17) is 4.74 Å². The number of aromatic nitrogens is 2. The Bertz CT molecular complexity index is 666. The van der Waals surface area contributed by atoms with E-state index in [-0.39, 0.29) is 35.9 Å². The molecule has 0 spiro atoms. The number of guanidine groups is 1. The first-order valence-electron chi connectivity index (χ1n) is 9.13. The van der Waals surface area contributed by atoms with Crippen molar-refractivity contribution in [1.82, 2.24) is 20.4 Å². The van der Waals surface area contributed by atoms with Crippen LogP contribution in [0.15, 0.2) is 47.7 Å². The number of nitrogens with zero attached hydrogens (tertiary/aromatic N) is 3. The van der Waals surface area contributed by atoms with Gasteiger partial charge in [-0.15, -0.1) is 24.0 Å². The Morgan fingerprint density at radius 3 is 2.81 bits per heavy atom. The topological polar surface area (TPSA) is 63.5 Å². The molecule has 0 bridgehead atoms. The molecular formula is C19H29FIN5O. The average Bonchev–Trinajstić information content (AvgIpc) is 3.15. The Hall–Kier alpha value is -1.84. The third kappa shape index (κ3) is 9.07. The molecule has 0 saturated heterocycles. The first kappa shape index (κ1) is 23.2. The van der Waals surface area contributed by atoms with E-state index in [1.165, 1.54) is 12.1 Å². The van der Waals surface area contributed by atoms with Gasteiger partial charge in [-0.1, -0.05) is 13.0 Å². The highest BCUT2D eigenvalue weighted by Gasteiger charge is 2.09. The summed E-state index contributed by atoms with van der Waals surface area (Å²) >= 11 is 0. The minimum Gasteiger partial charge on any atom is -0.488 e. The molecule has 8 heteroatoms. The van der Waals surface area contributed by atoms with Crippen molar-refractivity contribution in [3.63, 3.8) is 0 Å². The number of aliphatic imine (C=N–C) groups is 1. The number of hydrogen-bond donors (Lipinski definition) is 2. The monoisotopic (exact) mass is 489 g/mol. The van der Waals surface area contributed by atoms with Gasteiger partial charge in [-0.05, 0) is 38.0 Å². The fourth-order valence-corrected chi connectivity index (χ4v) is 2.40. The molecule has 1 unspecified atom stereocenters. The summed E-state index contributed by atoms with van der Waals surface area (Å²) in [7, 11) is 0. The maximum atomic E-state index is 13.3. The second kappa shape index (κ2) is 13.3. The largest absolute Gasteiger partial charge is 0.488 e. The average molecular weight is 489 g/mol. The van der Waals surface area contributed by atoms with Crippen LogP contribution in [0.25, 0.3) is 0 Å². The Labute approximate surface area is 177 Å². The molecule has 1 aromatic heterocycles. The Kier molecular flexibility index (Phi) is 11.5. The minimum atomic E-state index is -0.298. The molecule has 1 aromatic carbocycles. The Morgan fingerprint density at radius 1 is 1.30 bits per heavy atom. The van der Waals surface area contributed by atoms with Gasteiger partial charge >= 0.3 is 0 Å². The standard InChI is InChI=1S/C19H28FN5O.HI/c1-3-17(26-18-9-5-8-16(20)14-18)15-23-19(21-4-2)22-10-6-12-25-13-7-11-24-25;/h5,7-9,11,13-14,17H,3-4,6,10,12,15H2,1-2H3,(H2,21,22,23);1H. The van der Waals surface area contributed by atoms with Crippen LogP contribution in [0.5, 0.6) is 5.75 Å². The highest BCUT2D eigenvalue weighted by molar-refractivity contribution is 14.0. The van der Waals surface area contributed by atoms with Gasteiger partial charge in [0.2, 0.25) is 0 Å². The van der Waals surface area contributed by atoms with Gasteiger partial charge in [-0.3, -0.25) is 4.68 Å². The summed E-state index contributed by atoms with van der Waals surface area (Å²) in [6, 6.07) is 8.12. The highest BCUT2D eigenvalue weighted by Crippen LogP contribution is 2.15. The van der Waals surface area contributed by atoms with E-state index in [1.807, 2.05) is 30.8 Å². The van der Waals surface area contributed by atoms with E-state index < -0.39 is 0 Å². The van der Waals surface area contributed by atoms with Crippen LogP contribution >= 0.6 is 24.0 Å². The number of nitrogens with one attached hydrogen (secondary N) is 2. The number of rotatable bonds is 10. The number of aryl methyl sites for hydroxylation is 1. The highest BCUT2D eigenvalue weighted by atomic mass is 127. The maximum absolute atomic E-state index is 13.3. The van der Waals surface area contributed by atoms with Gasteiger partial charge in [0, 0.05) is 38.1 Å². The van der Waals surface area contributed by atoms with Gasteiger partial charge in [-0.25, -0.2) is 9.38 Å². The van der Waals surface area contributed by atoms with Gasteiger partial charge in [0.05, 0.1) is 6.54 Å². The van der Waals surface area contributed by atoms with Gasteiger partial charge in [0.15, 0.2) is 5.96 Å². The van der Waals surface area contributed by atoms with Crippen molar-refractivity contribution in [1.29, 1.82) is 0 Å². The van der Waals surface area contributed by atoms with Crippen LogP contribution in [-0.4, -0.2) is 41.5 Å². The predicted octanol–water partition coefficient (Wildman–Crippen LogP) is 3.44. The van der Waals surface area contributed by atoms with Crippen LogP contribution in [0.3, 0.4) is 0 Å². The molecule has 27 heavy (non-hydrogen) atoms. The van der Waals surface area contributed by atoms with E-state index in [0.29, 0.717) is 12.3 Å². The quantitative estimate of drug-likeness (QED) is 0.232. The summed E-state index contributed by atoms with van der Waals surface area (Å²) in [6.45, 7) is 7.01. The van der Waals surface area contributed by atoms with Gasteiger partial charge in [0.1, 0.15) is 17.7 Å². The van der Waals surface area contributed by atoms with Crippen molar-refractivity contribution in [3.8, 4) is 5.75 Å². The minimum absolute atomic E-state index is 0. The number of halogens is 2. The van der Waals surface area contributed by atoms with Gasteiger partial charge in [-0.2, -0.15) is 5.10 Å². The van der Waals surface area contributed by atoms with Crippen LogP contribution in [0.4, 0.5) is 4.39 Å². The molecule has 0 aliphatic heterocycles. The predicted molar refractivity (Wildman–Crippen MR) is 117 cm³/mol. The van der Waals surface area contributed by atoms with E-state index in [9.17, 15) is 4.39 Å². The number of ether oxygens (including phenoxy) is 1. The van der Waals surface area contributed by atoms with Gasteiger partial charge < -0.3 is 15.4 Å². The molecule has 1 heterocycles. The van der Waals surface area contributed by atoms with Crippen molar-refractivity contribution in [2.45, 2.75) is 39.3 Å². The van der Waals surface area contributed by atoms with E-state index >= 15 is 0 Å². The Morgan fingerprint density at radius 2 is 2.15 bits per heavy atom. The maximum Gasteiger partial charge on any atom is 0.191 e. The van der Waals surface area contributed by atoms with Crippen LogP contribution in [-0.2, 0) is 6.54 Å². The second-order valence-corrected chi connectivity index (χ2v) is 5.87. The van der Waals surface area contributed by atoms with Crippen molar-refractivity contribution in [2.24, 2.45) is 4.99 Å². The molecule has 0 aliphatic carbocycles. The molecule has 0 aliphatic rings. The zero-order valence-electron chi connectivity index (χ0n) is 15.9. The van der Waals surface area contributed by atoms with E-state index in [1.54, 1.807) is 18.3 Å². The summed E-state index contributed by atoms with van der Waals surface area (Å²) in [6.07, 6.45) is 5.37. The van der Waals surface area contributed by atoms with Crippen LogP contribution in [0.1, 0.15) is 26.7 Å². The molecule has 150 valence electrons. The third-order valence-corrected chi connectivity index (χ3v) is 3.77. The molecular weight excluding hydrogens is 460 g/mol. The lowest BCUT2D eigenvalue weighted by Gasteiger charge is -2.17. The van der Waals surface area contributed by atoms with Crippen LogP contribution in [0.2, 0.25) is 0 Å². The fraction of sp³-hybridized carbons (Fsp3) is 0.474. The van der Waals surface area contributed by atoms with Gasteiger partial charge in [0.25, 0.3) is 0 Å². The molecule has 2 aromatic rings. The zero-order valence-corrected chi connectivity index (χ0v) is 18.2. The summed E-state index contributed by atoms with van der Waals surface area (Å²) in [5, 5.41) is 10.7. The first-order chi connectivity index (χ1) is 12.7. The Balaban J connectivity index is 0.00000364. The zero-order chi connectivity index (χ0) is 18.6. The van der Waals surface area contributed by atoms with E-state index in [0.717, 1.165) is 38.4 Å². The lowest BCUT2D eigenvalue weighted by molar-refractivity contribution is 0.205. The molecule has 0 amide bonds. The van der Waals surface area contributed by atoms with Crippen molar-refractivity contribution < 1.29 is 9.13 Å². The summed E-state index contributed by atoms with van der Waals surface area (Å²) in [5.41, 5.74) is 0. The number of hydrogen-bond acceptors (Lipinski definition) is 3. The number of benzene rings is 1. The third-order valence-electron chi connectivity index (χ3n) is 3.77. The SMILES string of the molecule is CCNC(=NCC(CC)Oc1cccc(F)c1)NCCCn1cccn1.I. The molecule has 0 radical (unpaired) electrons. The van der Waals surface area contributed by atoms with Crippen molar-refractivity contribution in [2.75, 3.05) is 19.6 Å². The summed E-state index contributed by atoms with van der Waals surface area (Å²) in [5.74, 6) is 0.992. The molecule has 6 nitrogen and oxygen atoms in total. The first-order valence-corrected chi connectivity index (χ1v) is 9.13.